The van der Waals surface area contributed by atoms with Gasteiger partial charge in [-0.15, -0.1) is 0 Å². The third kappa shape index (κ3) is 3.60. The molecular formula is C27H17BrClN3O5. The van der Waals surface area contributed by atoms with E-state index >= 15 is 0 Å². The SMILES string of the molecule is O=C(c1ccc(Br)cc1)[C@@H]1[C@@H]2C(=O)N(c3ccc([N+](=O)[O-])cc3)C(=O)[C@H]2[C@@H]2C=Cc3ccc(Cl)cc3N12. The second-order valence-electron chi connectivity index (χ2n) is 9.11. The number of hydrogen-bond acceptors (Lipinski definition) is 6. The van der Waals surface area contributed by atoms with Crippen LogP contribution in [-0.2, 0) is 9.59 Å². The molecule has 6 rings (SSSR count). The van der Waals surface area contributed by atoms with E-state index in [1.54, 1.807) is 36.4 Å². The number of nitrogens with zero attached hydrogens (tertiary/aromatic N) is 3. The Morgan fingerprint density at radius 3 is 2.30 bits per heavy atom. The van der Waals surface area contributed by atoms with Crippen LogP contribution >= 0.6 is 27.5 Å². The molecule has 0 N–H and O–H groups in total. The topological polar surface area (TPSA) is 101 Å². The zero-order valence-electron chi connectivity index (χ0n) is 19.0. The van der Waals surface area contributed by atoms with Crippen LogP contribution in [-0.4, -0.2) is 34.6 Å². The van der Waals surface area contributed by atoms with Gasteiger partial charge in [0, 0.05) is 32.9 Å². The molecule has 3 aliphatic heterocycles. The zero-order valence-corrected chi connectivity index (χ0v) is 21.3. The molecule has 0 saturated carbocycles. The van der Waals surface area contributed by atoms with Crippen LogP contribution in [0, 0.1) is 22.0 Å². The van der Waals surface area contributed by atoms with Crippen molar-refractivity contribution in [2.45, 2.75) is 12.1 Å². The summed E-state index contributed by atoms with van der Waals surface area (Å²) in [6.45, 7) is 0. The van der Waals surface area contributed by atoms with Gasteiger partial charge in [-0.25, -0.2) is 4.90 Å². The van der Waals surface area contributed by atoms with Crippen LogP contribution in [0.1, 0.15) is 15.9 Å². The van der Waals surface area contributed by atoms with E-state index in [9.17, 15) is 24.5 Å². The first-order valence-electron chi connectivity index (χ1n) is 11.4. The van der Waals surface area contributed by atoms with Crippen molar-refractivity contribution in [3.63, 3.8) is 0 Å². The molecule has 184 valence electrons. The van der Waals surface area contributed by atoms with Crippen molar-refractivity contribution in [3.05, 3.63) is 104 Å². The molecule has 0 spiro atoms. The molecule has 37 heavy (non-hydrogen) atoms. The lowest BCUT2D eigenvalue weighted by Gasteiger charge is -2.36. The highest BCUT2D eigenvalue weighted by Gasteiger charge is 2.64. The highest BCUT2D eigenvalue weighted by molar-refractivity contribution is 9.10. The average molecular weight is 579 g/mol. The number of amides is 2. The van der Waals surface area contributed by atoms with Crippen molar-refractivity contribution >= 4 is 68.3 Å². The number of carbonyl (C=O) groups is 3. The number of fused-ring (bicyclic) bond motifs is 5. The molecule has 4 atom stereocenters. The van der Waals surface area contributed by atoms with E-state index < -0.39 is 40.7 Å². The first-order valence-corrected chi connectivity index (χ1v) is 12.6. The van der Waals surface area contributed by atoms with Crippen LogP contribution in [0.5, 0.6) is 0 Å². The Morgan fingerprint density at radius 1 is 0.946 bits per heavy atom. The fourth-order valence-corrected chi connectivity index (χ4v) is 6.02. The van der Waals surface area contributed by atoms with Gasteiger partial charge in [0.25, 0.3) is 5.69 Å². The van der Waals surface area contributed by atoms with E-state index in [0.717, 1.165) is 14.9 Å². The summed E-state index contributed by atoms with van der Waals surface area (Å²) in [6, 6.07) is 16.0. The average Bonchev–Trinajstić information content (AvgIpc) is 3.36. The summed E-state index contributed by atoms with van der Waals surface area (Å²) in [7, 11) is 0. The second kappa shape index (κ2) is 8.64. The van der Waals surface area contributed by atoms with E-state index in [1.807, 2.05) is 23.1 Å². The van der Waals surface area contributed by atoms with Crippen molar-refractivity contribution in [1.82, 2.24) is 0 Å². The number of carbonyl (C=O) groups excluding carboxylic acids is 3. The molecule has 3 aliphatic rings. The largest absolute Gasteiger partial charge is 0.352 e. The molecule has 3 heterocycles. The molecule has 2 fully saturated rings. The molecule has 8 nitrogen and oxygen atoms in total. The zero-order chi connectivity index (χ0) is 26.0. The molecule has 3 aromatic carbocycles. The lowest BCUT2D eigenvalue weighted by molar-refractivity contribution is -0.384. The number of hydrogen-bond donors (Lipinski definition) is 0. The molecule has 0 aromatic heterocycles. The fourth-order valence-electron chi connectivity index (χ4n) is 5.59. The molecule has 0 radical (unpaired) electrons. The standard InChI is InChI=1S/C27H17BrClN3O5/c28-16-5-1-15(2-6-16)25(33)24-23-22(20-12-4-14-3-7-17(29)13-21(14)31(20)24)26(34)30(27(23)35)18-8-10-19(11-9-18)32(36)37/h1-13,20,22-24H/t20-,22-,23+,24-/m0/s1. The number of ketones is 1. The van der Waals surface area contributed by atoms with Crippen LogP contribution in [0.2, 0.25) is 5.02 Å². The maximum absolute atomic E-state index is 14.0. The van der Waals surface area contributed by atoms with Gasteiger partial charge in [0.2, 0.25) is 11.8 Å². The molecule has 10 heteroatoms. The maximum Gasteiger partial charge on any atom is 0.269 e. The number of anilines is 2. The van der Waals surface area contributed by atoms with Crippen LogP contribution in [0.3, 0.4) is 0 Å². The number of Topliss-reactive ketones (excluding diaryl/α,β-unsaturated/α-hetero) is 1. The van der Waals surface area contributed by atoms with Crippen molar-refractivity contribution < 1.29 is 19.3 Å². The van der Waals surface area contributed by atoms with Gasteiger partial charge in [0.15, 0.2) is 5.78 Å². The molecular weight excluding hydrogens is 562 g/mol. The lowest BCUT2D eigenvalue weighted by Crippen LogP contribution is -2.48. The van der Waals surface area contributed by atoms with Gasteiger partial charge < -0.3 is 4.90 Å². The summed E-state index contributed by atoms with van der Waals surface area (Å²) in [5, 5.41) is 11.5. The summed E-state index contributed by atoms with van der Waals surface area (Å²) < 4.78 is 0.806. The van der Waals surface area contributed by atoms with E-state index in [4.69, 9.17) is 11.6 Å². The third-order valence-electron chi connectivity index (χ3n) is 7.19. The highest BCUT2D eigenvalue weighted by Crippen LogP contribution is 2.50. The first kappa shape index (κ1) is 23.6. The Kier molecular flexibility index (Phi) is 5.50. The monoisotopic (exact) mass is 577 g/mol. The number of benzene rings is 3. The van der Waals surface area contributed by atoms with Gasteiger partial charge in [-0.3, -0.25) is 24.5 Å². The van der Waals surface area contributed by atoms with Crippen LogP contribution in [0.25, 0.3) is 6.08 Å². The summed E-state index contributed by atoms with van der Waals surface area (Å²) in [6.07, 6.45) is 3.73. The minimum atomic E-state index is -0.946. The second-order valence-corrected chi connectivity index (χ2v) is 10.5. The van der Waals surface area contributed by atoms with Crippen molar-refractivity contribution in [3.8, 4) is 0 Å². The molecule has 2 amide bonds. The number of non-ortho nitro benzene ring substituents is 1. The molecule has 0 aliphatic carbocycles. The predicted molar refractivity (Wildman–Crippen MR) is 142 cm³/mol. The van der Waals surface area contributed by atoms with E-state index in [0.29, 0.717) is 16.3 Å². The summed E-state index contributed by atoms with van der Waals surface area (Å²) >= 11 is 9.69. The maximum atomic E-state index is 14.0. The van der Waals surface area contributed by atoms with Crippen molar-refractivity contribution in [2.75, 3.05) is 9.80 Å². The minimum absolute atomic E-state index is 0.152. The Balaban J connectivity index is 1.47. The quantitative estimate of drug-likeness (QED) is 0.181. The van der Waals surface area contributed by atoms with Crippen molar-refractivity contribution in [2.24, 2.45) is 11.8 Å². The van der Waals surface area contributed by atoms with E-state index in [1.165, 1.54) is 24.3 Å². The minimum Gasteiger partial charge on any atom is -0.352 e. The Morgan fingerprint density at radius 2 is 1.62 bits per heavy atom. The Bertz CT molecular complexity index is 1520. The predicted octanol–water partition coefficient (Wildman–Crippen LogP) is 5.28. The number of rotatable bonds is 4. The molecule has 2 saturated heterocycles. The smallest absolute Gasteiger partial charge is 0.269 e. The molecule has 0 unspecified atom stereocenters. The van der Waals surface area contributed by atoms with Crippen LogP contribution in [0.4, 0.5) is 17.1 Å². The summed E-state index contributed by atoms with van der Waals surface area (Å²) in [4.78, 5) is 55.1. The number of nitro benzene ring substituents is 1. The van der Waals surface area contributed by atoms with Gasteiger partial charge in [-0.1, -0.05) is 57.9 Å². The van der Waals surface area contributed by atoms with Crippen molar-refractivity contribution in [1.29, 1.82) is 0 Å². The van der Waals surface area contributed by atoms with E-state index in [2.05, 4.69) is 15.9 Å². The van der Waals surface area contributed by atoms with Gasteiger partial charge in [0.05, 0.1) is 28.5 Å². The normalized spacial score (nSPS) is 23.6. The van der Waals surface area contributed by atoms with Gasteiger partial charge in [0.1, 0.15) is 6.04 Å². The Labute approximate surface area is 224 Å². The fraction of sp³-hybridized carbons (Fsp3) is 0.148. The number of halogens is 2. The highest BCUT2D eigenvalue weighted by atomic mass is 79.9. The van der Waals surface area contributed by atoms with Crippen LogP contribution < -0.4 is 9.80 Å². The lowest BCUT2D eigenvalue weighted by atomic mass is 9.86. The summed E-state index contributed by atoms with van der Waals surface area (Å²) in [5.41, 5.74) is 2.02. The summed E-state index contributed by atoms with van der Waals surface area (Å²) in [5.74, 6) is -2.99. The van der Waals surface area contributed by atoms with Gasteiger partial charge in [-0.05, 0) is 42.0 Å². The number of nitro groups is 1. The molecule has 3 aromatic rings. The Hall–Kier alpha value is -3.82. The van der Waals surface area contributed by atoms with Gasteiger partial charge >= 0.3 is 0 Å². The van der Waals surface area contributed by atoms with E-state index in [-0.39, 0.29) is 17.2 Å². The molecule has 0 bridgehead atoms. The number of imide groups is 1. The van der Waals surface area contributed by atoms with Crippen LogP contribution in [0.15, 0.2) is 77.3 Å². The third-order valence-corrected chi connectivity index (χ3v) is 7.95. The van der Waals surface area contributed by atoms with Gasteiger partial charge in [-0.2, -0.15) is 0 Å². The first-order chi connectivity index (χ1) is 17.8.